The topological polar surface area (TPSA) is 73.2 Å². The Bertz CT molecular complexity index is 1340. The Morgan fingerprint density at radius 2 is 1.79 bits per heavy atom. The average molecular weight is 458 g/mol. The molecule has 0 saturated heterocycles. The van der Waals surface area contributed by atoms with Crippen molar-refractivity contribution in [3.8, 4) is 10.9 Å². The van der Waals surface area contributed by atoms with Gasteiger partial charge in [0.05, 0.1) is 5.69 Å². The molecule has 5 rings (SSSR count). The highest BCUT2D eigenvalue weighted by Crippen LogP contribution is 2.24. The molecule has 0 atom stereocenters. The number of rotatable bonds is 6. The number of thiazole rings is 1. The number of carbonyl (C=O) groups is 1. The van der Waals surface area contributed by atoms with Crippen LogP contribution in [0.5, 0.6) is 5.75 Å². The van der Waals surface area contributed by atoms with Gasteiger partial charge in [-0.25, -0.2) is 4.98 Å². The largest absolute Gasteiger partial charge is 0.489 e. The molecule has 0 bridgehead atoms. The normalized spacial score (nSPS) is 13.0. The number of nitrogens with one attached hydrogen (secondary N) is 1. The van der Waals surface area contributed by atoms with Gasteiger partial charge in [0.1, 0.15) is 17.2 Å². The molecule has 1 aliphatic rings. The van der Waals surface area contributed by atoms with Crippen molar-refractivity contribution >= 4 is 17.2 Å². The summed E-state index contributed by atoms with van der Waals surface area (Å²) in [7, 11) is 0. The van der Waals surface area contributed by atoms with Crippen LogP contribution in [0.1, 0.15) is 32.1 Å². The first-order valence-corrected chi connectivity index (χ1v) is 11.6. The van der Waals surface area contributed by atoms with Crippen molar-refractivity contribution in [1.29, 1.82) is 0 Å². The van der Waals surface area contributed by atoms with E-state index in [2.05, 4.69) is 22.4 Å². The van der Waals surface area contributed by atoms with Gasteiger partial charge in [-0.3, -0.25) is 14.2 Å². The zero-order chi connectivity index (χ0) is 22.8. The third kappa shape index (κ3) is 4.59. The Kier molecular flexibility index (Phi) is 5.79. The van der Waals surface area contributed by atoms with Crippen LogP contribution in [-0.4, -0.2) is 21.5 Å². The molecule has 0 saturated carbocycles. The lowest BCUT2D eigenvalue weighted by atomic mass is 10.1. The van der Waals surface area contributed by atoms with E-state index in [1.165, 1.54) is 33.1 Å². The van der Waals surface area contributed by atoms with E-state index in [4.69, 9.17) is 4.74 Å². The number of nitrogens with zero attached hydrogens (tertiary/aromatic N) is 2. The number of amides is 1. The van der Waals surface area contributed by atoms with Crippen LogP contribution in [0.25, 0.3) is 5.13 Å². The molecule has 1 amide bonds. The summed E-state index contributed by atoms with van der Waals surface area (Å²) in [5.74, 6) is 0.345. The van der Waals surface area contributed by atoms with Gasteiger partial charge in [-0.05, 0) is 42.5 Å². The van der Waals surface area contributed by atoms with Crippen molar-refractivity contribution in [1.82, 2.24) is 14.9 Å². The van der Waals surface area contributed by atoms with Crippen LogP contribution in [0.15, 0.2) is 77.7 Å². The molecule has 0 unspecified atom stereocenters. The van der Waals surface area contributed by atoms with Crippen molar-refractivity contribution < 1.29 is 9.53 Å². The van der Waals surface area contributed by atoms with Gasteiger partial charge < -0.3 is 10.1 Å². The summed E-state index contributed by atoms with van der Waals surface area (Å²) in [6.45, 7) is 2.18. The molecule has 7 heteroatoms. The summed E-state index contributed by atoms with van der Waals surface area (Å²) in [4.78, 5) is 30.6. The molecule has 1 aliphatic carbocycles. The van der Waals surface area contributed by atoms with Crippen molar-refractivity contribution in [2.75, 3.05) is 0 Å². The summed E-state index contributed by atoms with van der Waals surface area (Å²) < 4.78 is 7.18. The van der Waals surface area contributed by atoms with Gasteiger partial charge in [0.15, 0.2) is 5.13 Å². The van der Waals surface area contributed by atoms with Crippen molar-refractivity contribution in [2.45, 2.75) is 32.4 Å². The number of hydrogen-bond donors (Lipinski definition) is 1. The van der Waals surface area contributed by atoms with Gasteiger partial charge in [-0.15, -0.1) is 0 Å². The molecule has 0 aliphatic heterocycles. The smallest absolute Gasteiger partial charge is 0.263 e. The predicted molar refractivity (Wildman–Crippen MR) is 128 cm³/mol. The quantitative estimate of drug-likeness (QED) is 0.474. The van der Waals surface area contributed by atoms with E-state index in [0.717, 1.165) is 18.4 Å². The fourth-order valence-corrected chi connectivity index (χ4v) is 5.02. The Balaban J connectivity index is 1.28. The van der Waals surface area contributed by atoms with Crippen molar-refractivity contribution in [2.24, 2.45) is 0 Å². The molecule has 6 nitrogen and oxygen atoms in total. The third-order valence-electron chi connectivity index (χ3n) is 5.72. The number of carbonyl (C=O) groups excluding carboxylic acids is 1. The lowest BCUT2D eigenvalue weighted by Crippen LogP contribution is -2.35. The summed E-state index contributed by atoms with van der Waals surface area (Å²) in [5.41, 5.74) is 3.95. The first kappa shape index (κ1) is 21.2. The maximum absolute atomic E-state index is 12.9. The van der Waals surface area contributed by atoms with Crippen LogP contribution in [0.3, 0.4) is 0 Å². The van der Waals surface area contributed by atoms with E-state index in [1.54, 1.807) is 19.2 Å². The predicted octanol–water partition coefficient (Wildman–Crippen LogP) is 4.08. The minimum atomic E-state index is -0.257. The maximum Gasteiger partial charge on any atom is 0.263 e. The number of ether oxygens (including phenoxy) is 1. The molecule has 4 aromatic rings. The summed E-state index contributed by atoms with van der Waals surface area (Å²) in [5, 5.41) is 3.59. The van der Waals surface area contributed by atoms with Gasteiger partial charge in [-0.2, -0.15) is 0 Å². The van der Waals surface area contributed by atoms with Gasteiger partial charge in [0, 0.05) is 18.3 Å². The molecule has 2 aromatic heterocycles. The Labute approximate surface area is 195 Å². The molecular weight excluding hydrogens is 434 g/mol. The Morgan fingerprint density at radius 1 is 1.09 bits per heavy atom. The average Bonchev–Trinajstić information content (AvgIpc) is 3.41. The Morgan fingerprint density at radius 3 is 2.48 bits per heavy atom. The molecule has 0 spiro atoms. The molecular formula is C26H23N3O3S. The number of aryl methyl sites for hydroxylation is 1. The van der Waals surface area contributed by atoms with Gasteiger partial charge in [0.2, 0.25) is 0 Å². The Hall–Kier alpha value is -3.71. The highest BCUT2D eigenvalue weighted by Gasteiger charge is 2.25. The second kappa shape index (κ2) is 9.03. The maximum atomic E-state index is 12.9. The van der Waals surface area contributed by atoms with Crippen LogP contribution in [0, 0.1) is 6.92 Å². The van der Waals surface area contributed by atoms with E-state index >= 15 is 0 Å². The monoisotopic (exact) mass is 457 g/mol. The first-order chi connectivity index (χ1) is 16.1. The van der Waals surface area contributed by atoms with Gasteiger partial charge in [0.25, 0.3) is 11.5 Å². The van der Waals surface area contributed by atoms with Crippen LogP contribution < -0.4 is 15.6 Å². The number of hydrogen-bond acceptors (Lipinski definition) is 5. The van der Waals surface area contributed by atoms with Crippen LogP contribution in [0.2, 0.25) is 0 Å². The second-order valence-electron chi connectivity index (χ2n) is 8.10. The minimum absolute atomic E-state index is 0.0728. The first-order valence-electron chi connectivity index (χ1n) is 10.8. The van der Waals surface area contributed by atoms with E-state index in [0.29, 0.717) is 28.1 Å². The van der Waals surface area contributed by atoms with Gasteiger partial charge in [-0.1, -0.05) is 65.9 Å². The summed E-state index contributed by atoms with van der Waals surface area (Å²) in [6, 6.07) is 21.3. The number of benzene rings is 2. The lowest BCUT2D eigenvalue weighted by molar-refractivity contribution is 0.0942. The van der Waals surface area contributed by atoms with Crippen LogP contribution >= 0.6 is 11.3 Å². The van der Waals surface area contributed by atoms with E-state index < -0.39 is 0 Å². The molecule has 0 fully saturated rings. The van der Waals surface area contributed by atoms with Crippen molar-refractivity contribution in [3.63, 3.8) is 0 Å². The number of pyridine rings is 1. The van der Waals surface area contributed by atoms with E-state index in [9.17, 15) is 9.59 Å². The SMILES string of the molecule is Cc1nc(-n2ccc(OCc3ccccc3)cc2=O)sc1C(=O)NC1Cc2ccccc2C1. The molecule has 1 N–H and O–H groups in total. The fraction of sp³-hybridized carbons (Fsp3) is 0.192. The molecule has 33 heavy (non-hydrogen) atoms. The third-order valence-corrected chi connectivity index (χ3v) is 6.88. The number of aromatic nitrogens is 2. The zero-order valence-electron chi connectivity index (χ0n) is 18.2. The van der Waals surface area contributed by atoms with Crippen LogP contribution in [0.4, 0.5) is 0 Å². The number of fused-ring (bicyclic) bond motifs is 1. The molecule has 2 heterocycles. The van der Waals surface area contributed by atoms with E-state index in [1.807, 2.05) is 42.5 Å². The van der Waals surface area contributed by atoms with Crippen molar-refractivity contribution in [3.05, 3.63) is 111 Å². The molecule has 166 valence electrons. The highest BCUT2D eigenvalue weighted by molar-refractivity contribution is 7.16. The lowest BCUT2D eigenvalue weighted by Gasteiger charge is -2.11. The van der Waals surface area contributed by atoms with E-state index in [-0.39, 0.29) is 17.5 Å². The van der Waals surface area contributed by atoms with Crippen LogP contribution in [-0.2, 0) is 19.4 Å². The summed E-state index contributed by atoms with van der Waals surface area (Å²) >= 11 is 1.22. The zero-order valence-corrected chi connectivity index (χ0v) is 19.0. The fourth-order valence-electron chi connectivity index (χ4n) is 4.06. The molecule has 2 aromatic carbocycles. The standard InChI is InChI=1S/C26H23N3O3S/c1-17-24(25(31)28-21-13-19-9-5-6-10-20(19)14-21)33-26(27-17)29-12-11-22(15-23(29)30)32-16-18-7-3-2-4-8-18/h2-12,15,21H,13-14,16H2,1H3,(H,28,31). The summed E-state index contributed by atoms with van der Waals surface area (Å²) in [6.07, 6.45) is 3.29. The van der Waals surface area contributed by atoms with Gasteiger partial charge >= 0.3 is 0 Å². The highest BCUT2D eigenvalue weighted by atomic mass is 32.1. The minimum Gasteiger partial charge on any atom is -0.489 e. The molecule has 0 radical (unpaired) electrons. The second-order valence-corrected chi connectivity index (χ2v) is 9.08.